The zero-order valence-corrected chi connectivity index (χ0v) is 14.4. The van der Waals surface area contributed by atoms with E-state index in [-0.39, 0.29) is 6.61 Å². The van der Waals surface area contributed by atoms with E-state index in [1.807, 2.05) is 0 Å². The summed E-state index contributed by atoms with van der Waals surface area (Å²) in [5.74, 6) is -0.938. The van der Waals surface area contributed by atoms with Crippen molar-refractivity contribution in [1.82, 2.24) is 0 Å². The van der Waals surface area contributed by atoms with Crippen LogP contribution in [0.1, 0.15) is 11.1 Å². The molecular weight excluding hydrogens is 373 g/mol. The molecule has 0 atom stereocenters. The van der Waals surface area contributed by atoms with Gasteiger partial charge in [0.05, 0.1) is 10.0 Å². The molecule has 2 aromatic rings. The zero-order chi connectivity index (χ0) is 17.7. The van der Waals surface area contributed by atoms with Gasteiger partial charge in [-0.05, 0) is 42.0 Å². The number of rotatable bonds is 5. The molecule has 0 radical (unpaired) electrons. The minimum absolute atomic E-state index is 0.189. The molecular formula is C17H10Cl3NO3. The minimum atomic E-state index is -1.33. The standard InChI is InChI=1S/C17H10Cl3NO3/c18-13-2-4-16(11(7-13)6-12(8-21)17(22)23)24-9-10-1-3-14(19)15(20)5-10/h1-7H,9H2,(H,22,23). The number of carbonyl (C=O) groups is 1. The van der Waals surface area contributed by atoms with Gasteiger partial charge in [0, 0.05) is 10.6 Å². The van der Waals surface area contributed by atoms with Crippen molar-refractivity contribution >= 4 is 46.8 Å². The van der Waals surface area contributed by atoms with Crippen molar-refractivity contribution in [2.45, 2.75) is 6.61 Å². The van der Waals surface area contributed by atoms with Gasteiger partial charge in [0.25, 0.3) is 0 Å². The van der Waals surface area contributed by atoms with Crippen LogP contribution < -0.4 is 4.74 Å². The van der Waals surface area contributed by atoms with Crippen LogP contribution in [-0.4, -0.2) is 11.1 Å². The summed E-state index contributed by atoms with van der Waals surface area (Å²) in [5.41, 5.74) is 0.756. The Kier molecular flexibility index (Phi) is 6.10. The molecule has 7 heteroatoms. The number of hydrogen-bond donors (Lipinski definition) is 1. The maximum Gasteiger partial charge on any atom is 0.346 e. The maximum atomic E-state index is 11.0. The monoisotopic (exact) mass is 381 g/mol. The van der Waals surface area contributed by atoms with Gasteiger partial charge in [0.15, 0.2) is 0 Å². The van der Waals surface area contributed by atoms with Crippen LogP contribution in [0.3, 0.4) is 0 Å². The molecule has 0 amide bonds. The highest BCUT2D eigenvalue weighted by molar-refractivity contribution is 6.42. The van der Waals surface area contributed by atoms with E-state index in [0.29, 0.717) is 26.4 Å². The van der Waals surface area contributed by atoms with Crippen LogP contribution >= 0.6 is 34.8 Å². The average Bonchev–Trinajstić information content (AvgIpc) is 2.54. The Hall–Kier alpha value is -2.19. The Bertz CT molecular complexity index is 857. The van der Waals surface area contributed by atoms with Crippen molar-refractivity contribution in [3.05, 3.63) is 68.2 Å². The minimum Gasteiger partial charge on any atom is -0.488 e. The zero-order valence-electron chi connectivity index (χ0n) is 12.1. The summed E-state index contributed by atoms with van der Waals surface area (Å²) in [6.45, 7) is 0.189. The highest BCUT2D eigenvalue weighted by atomic mass is 35.5. The van der Waals surface area contributed by atoms with Gasteiger partial charge in [-0.1, -0.05) is 40.9 Å². The van der Waals surface area contributed by atoms with Crippen LogP contribution in [-0.2, 0) is 11.4 Å². The SMILES string of the molecule is N#CC(=Cc1cc(Cl)ccc1OCc1ccc(Cl)c(Cl)c1)C(=O)O. The second-order valence-electron chi connectivity index (χ2n) is 4.69. The molecule has 24 heavy (non-hydrogen) atoms. The number of benzene rings is 2. The molecule has 2 rings (SSSR count). The molecule has 1 N–H and O–H groups in total. The van der Waals surface area contributed by atoms with E-state index in [9.17, 15) is 4.79 Å². The lowest BCUT2D eigenvalue weighted by Crippen LogP contribution is -2.00. The Morgan fingerprint density at radius 3 is 2.54 bits per heavy atom. The predicted molar refractivity (Wildman–Crippen MR) is 93.5 cm³/mol. The molecule has 122 valence electrons. The number of hydrogen-bond acceptors (Lipinski definition) is 3. The van der Waals surface area contributed by atoms with E-state index in [0.717, 1.165) is 5.56 Å². The van der Waals surface area contributed by atoms with Crippen LogP contribution in [0.15, 0.2) is 42.0 Å². The lowest BCUT2D eigenvalue weighted by atomic mass is 10.1. The van der Waals surface area contributed by atoms with E-state index in [1.54, 1.807) is 36.4 Å². The molecule has 2 aromatic carbocycles. The maximum absolute atomic E-state index is 11.0. The fourth-order valence-electron chi connectivity index (χ4n) is 1.85. The van der Waals surface area contributed by atoms with Gasteiger partial charge in [-0.25, -0.2) is 4.79 Å². The quantitative estimate of drug-likeness (QED) is 0.568. The Morgan fingerprint density at radius 1 is 1.17 bits per heavy atom. The lowest BCUT2D eigenvalue weighted by Gasteiger charge is -2.10. The number of ether oxygens (including phenoxy) is 1. The Morgan fingerprint density at radius 2 is 1.92 bits per heavy atom. The molecule has 0 heterocycles. The van der Waals surface area contributed by atoms with Gasteiger partial charge in [-0.2, -0.15) is 5.26 Å². The van der Waals surface area contributed by atoms with Gasteiger partial charge in [0.1, 0.15) is 24.0 Å². The van der Waals surface area contributed by atoms with E-state index in [1.165, 1.54) is 12.1 Å². The Labute approximate surface area is 153 Å². The lowest BCUT2D eigenvalue weighted by molar-refractivity contribution is -0.132. The number of aliphatic carboxylic acids is 1. The van der Waals surface area contributed by atoms with E-state index >= 15 is 0 Å². The van der Waals surface area contributed by atoms with Crippen LogP contribution in [0, 0.1) is 11.3 Å². The summed E-state index contributed by atoms with van der Waals surface area (Å²) < 4.78 is 5.69. The molecule has 0 saturated heterocycles. The summed E-state index contributed by atoms with van der Waals surface area (Å²) in [6, 6.07) is 11.4. The predicted octanol–water partition coefficient (Wildman–Crippen LogP) is 5.22. The van der Waals surface area contributed by atoms with Crippen molar-refractivity contribution in [2.24, 2.45) is 0 Å². The van der Waals surface area contributed by atoms with E-state index < -0.39 is 11.5 Å². The highest BCUT2D eigenvalue weighted by Crippen LogP contribution is 2.27. The van der Waals surface area contributed by atoms with Gasteiger partial charge >= 0.3 is 5.97 Å². The molecule has 0 bridgehead atoms. The first-order valence-electron chi connectivity index (χ1n) is 6.62. The summed E-state index contributed by atoms with van der Waals surface area (Å²) in [4.78, 5) is 11.0. The third kappa shape index (κ3) is 4.65. The number of carboxylic acid groups (broad SMARTS) is 1. The first-order valence-corrected chi connectivity index (χ1v) is 7.75. The molecule has 0 saturated carbocycles. The summed E-state index contributed by atoms with van der Waals surface area (Å²) in [5, 5.41) is 19.1. The van der Waals surface area contributed by atoms with Gasteiger partial charge in [-0.15, -0.1) is 0 Å². The first kappa shape index (κ1) is 18.2. The van der Waals surface area contributed by atoms with Gasteiger partial charge < -0.3 is 9.84 Å². The van der Waals surface area contributed by atoms with Gasteiger partial charge in [-0.3, -0.25) is 0 Å². The largest absolute Gasteiger partial charge is 0.488 e. The molecule has 0 unspecified atom stereocenters. The molecule has 0 aromatic heterocycles. The van der Waals surface area contributed by atoms with Crippen LogP contribution in [0.25, 0.3) is 6.08 Å². The first-order chi connectivity index (χ1) is 11.4. The Balaban J connectivity index is 2.29. The summed E-state index contributed by atoms with van der Waals surface area (Å²) in [7, 11) is 0. The number of nitriles is 1. The second kappa shape index (κ2) is 8.07. The molecule has 0 spiro atoms. The third-order valence-corrected chi connectivity index (χ3v) is 3.98. The van der Waals surface area contributed by atoms with Crippen LogP contribution in [0.2, 0.25) is 15.1 Å². The van der Waals surface area contributed by atoms with E-state index in [4.69, 9.17) is 49.9 Å². The van der Waals surface area contributed by atoms with Crippen molar-refractivity contribution in [1.29, 1.82) is 5.26 Å². The molecule has 0 aliphatic heterocycles. The number of carboxylic acids is 1. The third-order valence-electron chi connectivity index (χ3n) is 3.00. The summed E-state index contributed by atoms with van der Waals surface area (Å²) >= 11 is 17.7. The van der Waals surface area contributed by atoms with Gasteiger partial charge in [0.2, 0.25) is 0 Å². The van der Waals surface area contributed by atoms with Crippen molar-refractivity contribution < 1.29 is 14.6 Å². The van der Waals surface area contributed by atoms with Crippen molar-refractivity contribution in [3.8, 4) is 11.8 Å². The fraction of sp³-hybridized carbons (Fsp3) is 0.0588. The smallest absolute Gasteiger partial charge is 0.346 e. The molecule has 4 nitrogen and oxygen atoms in total. The topological polar surface area (TPSA) is 70.3 Å². The van der Waals surface area contributed by atoms with Crippen molar-refractivity contribution in [2.75, 3.05) is 0 Å². The highest BCUT2D eigenvalue weighted by Gasteiger charge is 2.10. The number of nitrogens with zero attached hydrogens (tertiary/aromatic N) is 1. The average molecular weight is 383 g/mol. The van der Waals surface area contributed by atoms with E-state index in [2.05, 4.69) is 0 Å². The normalized spacial score (nSPS) is 11.0. The van der Waals surface area contributed by atoms with Crippen LogP contribution in [0.5, 0.6) is 5.75 Å². The molecule has 0 aliphatic rings. The molecule has 0 fully saturated rings. The molecule has 0 aliphatic carbocycles. The van der Waals surface area contributed by atoms with Crippen LogP contribution in [0.4, 0.5) is 0 Å². The number of halogens is 3. The summed E-state index contributed by atoms with van der Waals surface area (Å²) in [6.07, 6.45) is 1.21. The fourth-order valence-corrected chi connectivity index (χ4v) is 2.35. The second-order valence-corrected chi connectivity index (χ2v) is 5.95. The van der Waals surface area contributed by atoms with Crippen molar-refractivity contribution in [3.63, 3.8) is 0 Å².